The topological polar surface area (TPSA) is 28.7 Å². The number of hydrogen-bond donors (Lipinski definition) is 1. The van der Waals surface area contributed by atoms with Crippen LogP contribution in [0.2, 0.25) is 10.0 Å². The number of aromatic amines is 1. The van der Waals surface area contributed by atoms with Crippen molar-refractivity contribution in [1.82, 2.24) is 9.97 Å². The third-order valence-corrected chi connectivity index (χ3v) is 3.61. The van der Waals surface area contributed by atoms with Gasteiger partial charge in [0.15, 0.2) is 0 Å². The third kappa shape index (κ3) is 1.88. The number of aryl methyl sites for hydroxylation is 1. The highest BCUT2D eigenvalue weighted by Crippen LogP contribution is 2.32. The van der Waals surface area contributed by atoms with Crippen molar-refractivity contribution < 1.29 is 0 Å². The van der Waals surface area contributed by atoms with E-state index in [-0.39, 0.29) is 0 Å². The van der Waals surface area contributed by atoms with Crippen LogP contribution in [0.15, 0.2) is 36.4 Å². The second-order valence-corrected chi connectivity index (χ2v) is 5.00. The average molecular weight is 277 g/mol. The molecule has 3 rings (SSSR count). The number of benzene rings is 2. The number of fused-ring (bicyclic) bond motifs is 1. The summed E-state index contributed by atoms with van der Waals surface area (Å²) < 4.78 is 0. The van der Waals surface area contributed by atoms with Crippen molar-refractivity contribution >= 4 is 34.2 Å². The molecule has 0 atom stereocenters. The first-order valence-electron chi connectivity index (χ1n) is 5.56. The lowest BCUT2D eigenvalue weighted by Crippen LogP contribution is -1.85. The second-order valence-electron chi connectivity index (χ2n) is 4.18. The molecular weight excluding hydrogens is 267 g/mol. The number of H-pyrrole nitrogens is 1. The molecule has 0 saturated heterocycles. The summed E-state index contributed by atoms with van der Waals surface area (Å²) in [7, 11) is 0. The molecule has 1 aromatic heterocycles. The Morgan fingerprint density at radius 2 is 1.83 bits per heavy atom. The van der Waals surface area contributed by atoms with E-state index < -0.39 is 0 Å². The van der Waals surface area contributed by atoms with Gasteiger partial charge in [-0.3, -0.25) is 0 Å². The van der Waals surface area contributed by atoms with Crippen LogP contribution in [-0.4, -0.2) is 9.97 Å². The summed E-state index contributed by atoms with van der Waals surface area (Å²) in [6.45, 7) is 1.95. The molecule has 2 aromatic carbocycles. The number of hydrogen-bond acceptors (Lipinski definition) is 1. The second kappa shape index (κ2) is 4.30. The highest BCUT2D eigenvalue weighted by molar-refractivity contribution is 6.36. The van der Waals surface area contributed by atoms with Crippen molar-refractivity contribution in [2.24, 2.45) is 0 Å². The lowest BCUT2D eigenvalue weighted by atomic mass is 10.1. The van der Waals surface area contributed by atoms with Crippen molar-refractivity contribution in [3.63, 3.8) is 0 Å². The first kappa shape index (κ1) is 11.6. The SMILES string of the molecule is Cc1cc(-c2nc3ccccc3[nH]2)c(Cl)cc1Cl. The average Bonchev–Trinajstić information content (AvgIpc) is 2.77. The van der Waals surface area contributed by atoms with Gasteiger partial charge in [0, 0.05) is 10.6 Å². The van der Waals surface area contributed by atoms with Crippen LogP contribution in [0.4, 0.5) is 0 Å². The molecule has 0 bridgehead atoms. The van der Waals surface area contributed by atoms with E-state index in [1.54, 1.807) is 6.07 Å². The Morgan fingerprint density at radius 3 is 2.61 bits per heavy atom. The van der Waals surface area contributed by atoms with Gasteiger partial charge in [0.05, 0.1) is 16.1 Å². The van der Waals surface area contributed by atoms with Gasteiger partial charge in [-0.05, 0) is 36.8 Å². The van der Waals surface area contributed by atoms with Crippen molar-refractivity contribution in [2.75, 3.05) is 0 Å². The smallest absolute Gasteiger partial charge is 0.140 e. The number of rotatable bonds is 1. The van der Waals surface area contributed by atoms with E-state index in [4.69, 9.17) is 23.2 Å². The standard InChI is InChI=1S/C14H10Cl2N2/c1-8-6-9(11(16)7-10(8)15)14-17-12-4-2-3-5-13(12)18-14/h2-7H,1H3,(H,17,18). The van der Waals surface area contributed by atoms with Gasteiger partial charge < -0.3 is 4.98 Å². The first-order valence-corrected chi connectivity index (χ1v) is 6.31. The van der Waals surface area contributed by atoms with E-state index >= 15 is 0 Å². The van der Waals surface area contributed by atoms with Crippen LogP contribution >= 0.6 is 23.2 Å². The Kier molecular flexibility index (Phi) is 2.77. The van der Waals surface area contributed by atoms with Crippen LogP contribution in [0.3, 0.4) is 0 Å². The maximum absolute atomic E-state index is 6.22. The van der Waals surface area contributed by atoms with Crippen molar-refractivity contribution in [1.29, 1.82) is 0 Å². The van der Waals surface area contributed by atoms with E-state index in [1.807, 2.05) is 37.3 Å². The number of halogens is 2. The van der Waals surface area contributed by atoms with E-state index in [2.05, 4.69) is 9.97 Å². The molecule has 18 heavy (non-hydrogen) atoms. The fourth-order valence-electron chi connectivity index (χ4n) is 1.92. The molecule has 0 fully saturated rings. The molecule has 1 N–H and O–H groups in total. The van der Waals surface area contributed by atoms with Gasteiger partial charge in [-0.1, -0.05) is 35.3 Å². The molecule has 0 aliphatic rings. The van der Waals surface area contributed by atoms with E-state index in [1.165, 1.54) is 0 Å². The van der Waals surface area contributed by atoms with Crippen molar-refractivity contribution in [3.05, 3.63) is 52.0 Å². The van der Waals surface area contributed by atoms with Crippen LogP contribution in [0.5, 0.6) is 0 Å². The lowest BCUT2D eigenvalue weighted by molar-refractivity contribution is 1.32. The lowest BCUT2D eigenvalue weighted by Gasteiger charge is -2.04. The Hall–Kier alpha value is -1.51. The summed E-state index contributed by atoms with van der Waals surface area (Å²) >= 11 is 12.3. The van der Waals surface area contributed by atoms with E-state index in [0.29, 0.717) is 10.0 Å². The molecule has 0 aliphatic heterocycles. The first-order chi connectivity index (χ1) is 8.65. The van der Waals surface area contributed by atoms with Crippen LogP contribution in [0.25, 0.3) is 22.4 Å². The third-order valence-electron chi connectivity index (χ3n) is 2.89. The number of nitrogens with one attached hydrogen (secondary N) is 1. The quantitative estimate of drug-likeness (QED) is 0.677. The number of nitrogens with zero attached hydrogens (tertiary/aromatic N) is 1. The van der Waals surface area contributed by atoms with Gasteiger partial charge in [0.1, 0.15) is 5.82 Å². The Bertz CT molecular complexity index is 699. The fourth-order valence-corrected chi connectivity index (χ4v) is 2.39. The molecule has 0 aliphatic carbocycles. The molecular formula is C14H10Cl2N2. The molecule has 90 valence electrons. The largest absolute Gasteiger partial charge is 0.338 e. The Morgan fingerprint density at radius 1 is 1.06 bits per heavy atom. The van der Waals surface area contributed by atoms with Crippen LogP contribution in [0.1, 0.15) is 5.56 Å². The molecule has 2 nitrogen and oxygen atoms in total. The highest BCUT2D eigenvalue weighted by atomic mass is 35.5. The Balaban J connectivity index is 2.22. The summed E-state index contributed by atoms with van der Waals surface area (Å²) in [6, 6.07) is 11.6. The summed E-state index contributed by atoms with van der Waals surface area (Å²) in [6.07, 6.45) is 0. The monoisotopic (exact) mass is 276 g/mol. The maximum Gasteiger partial charge on any atom is 0.140 e. The summed E-state index contributed by atoms with van der Waals surface area (Å²) in [5.74, 6) is 0.765. The summed E-state index contributed by atoms with van der Waals surface area (Å²) in [5, 5.41) is 1.27. The van der Waals surface area contributed by atoms with Crippen LogP contribution in [-0.2, 0) is 0 Å². The van der Waals surface area contributed by atoms with Gasteiger partial charge >= 0.3 is 0 Å². The normalized spacial score (nSPS) is 11.1. The minimum Gasteiger partial charge on any atom is -0.338 e. The summed E-state index contributed by atoms with van der Waals surface area (Å²) in [4.78, 5) is 7.79. The van der Waals surface area contributed by atoms with Crippen LogP contribution < -0.4 is 0 Å². The van der Waals surface area contributed by atoms with Gasteiger partial charge in [0.2, 0.25) is 0 Å². The van der Waals surface area contributed by atoms with E-state index in [0.717, 1.165) is 28.0 Å². The fraction of sp³-hybridized carbons (Fsp3) is 0.0714. The zero-order valence-electron chi connectivity index (χ0n) is 9.67. The number of aromatic nitrogens is 2. The molecule has 0 saturated carbocycles. The Labute approximate surface area is 115 Å². The molecule has 4 heteroatoms. The van der Waals surface area contributed by atoms with Crippen molar-refractivity contribution in [3.8, 4) is 11.4 Å². The number of imidazole rings is 1. The minimum absolute atomic E-state index is 0.602. The molecule has 1 heterocycles. The predicted molar refractivity (Wildman–Crippen MR) is 76.3 cm³/mol. The zero-order valence-corrected chi connectivity index (χ0v) is 11.2. The maximum atomic E-state index is 6.22. The molecule has 0 amide bonds. The van der Waals surface area contributed by atoms with Gasteiger partial charge in [-0.25, -0.2) is 4.98 Å². The predicted octanol–water partition coefficient (Wildman–Crippen LogP) is 4.85. The van der Waals surface area contributed by atoms with Gasteiger partial charge in [0.25, 0.3) is 0 Å². The highest BCUT2D eigenvalue weighted by Gasteiger charge is 2.10. The van der Waals surface area contributed by atoms with Crippen molar-refractivity contribution in [2.45, 2.75) is 6.92 Å². The zero-order chi connectivity index (χ0) is 12.7. The molecule has 0 radical (unpaired) electrons. The number of para-hydroxylation sites is 2. The molecule has 0 spiro atoms. The van der Waals surface area contributed by atoms with E-state index in [9.17, 15) is 0 Å². The van der Waals surface area contributed by atoms with Gasteiger partial charge in [-0.15, -0.1) is 0 Å². The molecule has 0 unspecified atom stereocenters. The van der Waals surface area contributed by atoms with Crippen LogP contribution in [0, 0.1) is 6.92 Å². The molecule has 3 aromatic rings. The minimum atomic E-state index is 0.602. The van der Waals surface area contributed by atoms with Gasteiger partial charge in [-0.2, -0.15) is 0 Å². The summed E-state index contributed by atoms with van der Waals surface area (Å²) in [5.41, 5.74) is 3.78.